The number of phenols is 1. The Hall–Kier alpha value is -2.23. The summed E-state index contributed by atoms with van der Waals surface area (Å²) in [6, 6.07) is 11.7. The van der Waals surface area contributed by atoms with Gasteiger partial charge >= 0.3 is 0 Å². The lowest BCUT2D eigenvalue weighted by molar-refractivity contribution is 0.326. The first-order chi connectivity index (χ1) is 9.69. The van der Waals surface area contributed by atoms with Gasteiger partial charge in [0.1, 0.15) is 23.9 Å². The highest BCUT2D eigenvalue weighted by atomic mass is 19.1. The number of halogens is 1. The number of rotatable bonds is 3. The van der Waals surface area contributed by atoms with Crippen molar-refractivity contribution >= 4 is 5.69 Å². The summed E-state index contributed by atoms with van der Waals surface area (Å²) in [6.45, 7) is 3.28. The Morgan fingerprint density at radius 1 is 1.30 bits per heavy atom. The molecule has 1 N–H and O–H groups in total. The molecular formula is C16H16FNO2. The first kappa shape index (κ1) is 12.8. The van der Waals surface area contributed by atoms with Gasteiger partial charge in [0.25, 0.3) is 0 Å². The number of phenolic OH excluding ortho intramolecular Hbond substituents is 1. The molecule has 1 unspecified atom stereocenters. The van der Waals surface area contributed by atoms with Gasteiger partial charge in [-0.1, -0.05) is 6.07 Å². The normalized spacial score (nSPS) is 16.6. The molecule has 3 nitrogen and oxygen atoms in total. The summed E-state index contributed by atoms with van der Waals surface area (Å²) >= 11 is 0. The van der Waals surface area contributed by atoms with Crippen molar-refractivity contribution in [3.8, 4) is 11.5 Å². The predicted molar refractivity (Wildman–Crippen MR) is 75.8 cm³/mol. The lowest BCUT2D eigenvalue weighted by Crippen LogP contribution is -2.29. The zero-order valence-corrected chi connectivity index (χ0v) is 11.2. The minimum atomic E-state index is -0.245. The van der Waals surface area contributed by atoms with Gasteiger partial charge in [0, 0.05) is 23.9 Å². The van der Waals surface area contributed by atoms with Gasteiger partial charge in [-0.15, -0.1) is 0 Å². The van der Waals surface area contributed by atoms with Crippen LogP contribution in [0.5, 0.6) is 11.5 Å². The third kappa shape index (κ3) is 2.18. The summed E-state index contributed by atoms with van der Waals surface area (Å²) in [6.07, 6.45) is 0. The zero-order chi connectivity index (χ0) is 14.1. The molecule has 1 aliphatic heterocycles. The maximum absolute atomic E-state index is 13.4. The number of hydrogen-bond donors (Lipinski definition) is 1. The largest absolute Gasteiger partial charge is 0.508 e. The van der Waals surface area contributed by atoms with Crippen LogP contribution in [-0.4, -0.2) is 18.3 Å². The van der Waals surface area contributed by atoms with Crippen LogP contribution in [0.2, 0.25) is 0 Å². The second kappa shape index (κ2) is 5.04. The number of fused-ring (bicyclic) bond motifs is 1. The van der Waals surface area contributed by atoms with Gasteiger partial charge < -0.3 is 14.7 Å². The molecule has 2 aromatic rings. The molecule has 1 aliphatic rings. The lowest BCUT2D eigenvalue weighted by atomic mass is 10.1. The Kier molecular flexibility index (Phi) is 3.22. The van der Waals surface area contributed by atoms with E-state index in [1.165, 1.54) is 12.1 Å². The Labute approximate surface area is 117 Å². The molecule has 1 heterocycles. The molecule has 3 rings (SSSR count). The summed E-state index contributed by atoms with van der Waals surface area (Å²) in [5.74, 6) is 0.647. The van der Waals surface area contributed by atoms with Gasteiger partial charge in [0.05, 0.1) is 6.04 Å². The van der Waals surface area contributed by atoms with Crippen molar-refractivity contribution in [2.75, 3.05) is 18.1 Å². The lowest BCUT2D eigenvalue weighted by Gasteiger charge is -2.29. The average Bonchev–Trinajstić information content (AvgIpc) is 2.83. The molecule has 4 heteroatoms. The third-order valence-electron chi connectivity index (χ3n) is 3.61. The van der Waals surface area contributed by atoms with Crippen molar-refractivity contribution < 1.29 is 14.2 Å². The second-order valence-electron chi connectivity index (χ2n) is 4.81. The fourth-order valence-corrected chi connectivity index (χ4v) is 2.68. The van der Waals surface area contributed by atoms with Crippen molar-refractivity contribution in [2.45, 2.75) is 13.0 Å². The van der Waals surface area contributed by atoms with Crippen LogP contribution in [0.3, 0.4) is 0 Å². The zero-order valence-electron chi connectivity index (χ0n) is 11.2. The van der Waals surface area contributed by atoms with E-state index in [9.17, 15) is 9.50 Å². The molecule has 2 aromatic carbocycles. The highest BCUT2D eigenvalue weighted by molar-refractivity contribution is 5.53. The fraction of sp³-hybridized carbons (Fsp3) is 0.250. The first-order valence-electron chi connectivity index (χ1n) is 6.67. The molecule has 1 atom stereocenters. The SMILES string of the molecule is CCN(c1cccc(F)c1)C1COc2cc(O)ccc21. The fourth-order valence-electron chi connectivity index (χ4n) is 2.68. The molecule has 0 spiro atoms. The summed E-state index contributed by atoms with van der Waals surface area (Å²) in [4.78, 5) is 2.10. The number of aromatic hydroxyl groups is 1. The summed E-state index contributed by atoms with van der Waals surface area (Å²) < 4.78 is 19.0. The molecule has 20 heavy (non-hydrogen) atoms. The van der Waals surface area contributed by atoms with Gasteiger partial charge in [-0.25, -0.2) is 4.39 Å². The van der Waals surface area contributed by atoms with Crippen LogP contribution in [0.1, 0.15) is 18.5 Å². The molecule has 0 amide bonds. The maximum atomic E-state index is 13.4. The predicted octanol–water partition coefficient (Wildman–Crippen LogP) is 3.49. The van der Waals surface area contributed by atoms with Crippen LogP contribution in [0.25, 0.3) is 0 Å². The Morgan fingerprint density at radius 2 is 2.15 bits per heavy atom. The standard InChI is InChI=1S/C16H16FNO2/c1-2-18(12-5-3-4-11(17)8-12)15-10-20-16-9-13(19)6-7-14(15)16/h3-9,15,19H,2,10H2,1H3. The molecule has 0 saturated carbocycles. The van der Waals surface area contributed by atoms with Crippen LogP contribution in [0.4, 0.5) is 10.1 Å². The molecular weight excluding hydrogens is 257 g/mol. The summed E-state index contributed by atoms with van der Waals surface area (Å²) in [5.41, 5.74) is 1.86. The van der Waals surface area contributed by atoms with E-state index in [1.807, 2.05) is 19.1 Å². The van der Waals surface area contributed by atoms with E-state index in [1.54, 1.807) is 18.2 Å². The Bertz CT molecular complexity index is 630. The van der Waals surface area contributed by atoms with Crippen LogP contribution in [0, 0.1) is 5.82 Å². The van der Waals surface area contributed by atoms with E-state index in [-0.39, 0.29) is 17.6 Å². The Balaban J connectivity index is 1.96. The van der Waals surface area contributed by atoms with Crippen molar-refractivity contribution in [2.24, 2.45) is 0 Å². The minimum Gasteiger partial charge on any atom is -0.508 e. The van der Waals surface area contributed by atoms with Crippen LogP contribution in [-0.2, 0) is 0 Å². The number of anilines is 1. The van der Waals surface area contributed by atoms with E-state index in [0.29, 0.717) is 12.4 Å². The second-order valence-corrected chi connectivity index (χ2v) is 4.81. The molecule has 0 fully saturated rings. The van der Waals surface area contributed by atoms with Crippen LogP contribution >= 0.6 is 0 Å². The molecule has 0 radical (unpaired) electrons. The van der Waals surface area contributed by atoms with Gasteiger partial charge in [-0.05, 0) is 37.3 Å². The number of benzene rings is 2. The smallest absolute Gasteiger partial charge is 0.128 e. The van der Waals surface area contributed by atoms with E-state index < -0.39 is 0 Å². The molecule has 0 aliphatic carbocycles. The van der Waals surface area contributed by atoms with Crippen molar-refractivity contribution in [3.63, 3.8) is 0 Å². The maximum Gasteiger partial charge on any atom is 0.128 e. The highest BCUT2D eigenvalue weighted by Gasteiger charge is 2.29. The van der Waals surface area contributed by atoms with E-state index in [4.69, 9.17) is 4.74 Å². The topological polar surface area (TPSA) is 32.7 Å². The van der Waals surface area contributed by atoms with E-state index in [0.717, 1.165) is 17.8 Å². The number of nitrogens with zero attached hydrogens (tertiary/aromatic N) is 1. The van der Waals surface area contributed by atoms with Crippen LogP contribution in [0.15, 0.2) is 42.5 Å². The minimum absolute atomic E-state index is 0.0393. The number of hydrogen-bond acceptors (Lipinski definition) is 3. The van der Waals surface area contributed by atoms with Gasteiger partial charge in [-0.3, -0.25) is 0 Å². The number of ether oxygens (including phenoxy) is 1. The van der Waals surface area contributed by atoms with E-state index >= 15 is 0 Å². The number of likely N-dealkylation sites (N-methyl/N-ethyl adjacent to an activating group) is 1. The highest BCUT2D eigenvalue weighted by Crippen LogP contribution is 2.39. The van der Waals surface area contributed by atoms with Gasteiger partial charge in [0.15, 0.2) is 0 Å². The Morgan fingerprint density at radius 3 is 2.90 bits per heavy atom. The van der Waals surface area contributed by atoms with Crippen molar-refractivity contribution in [1.29, 1.82) is 0 Å². The molecule has 0 bridgehead atoms. The summed E-state index contributed by atoms with van der Waals surface area (Å²) in [7, 11) is 0. The average molecular weight is 273 g/mol. The van der Waals surface area contributed by atoms with Gasteiger partial charge in [-0.2, -0.15) is 0 Å². The molecule has 0 saturated heterocycles. The molecule has 104 valence electrons. The summed E-state index contributed by atoms with van der Waals surface area (Å²) in [5, 5.41) is 9.49. The molecule has 0 aromatic heterocycles. The first-order valence-corrected chi connectivity index (χ1v) is 6.67. The van der Waals surface area contributed by atoms with E-state index in [2.05, 4.69) is 4.90 Å². The quantitative estimate of drug-likeness (QED) is 0.929. The van der Waals surface area contributed by atoms with Crippen molar-refractivity contribution in [1.82, 2.24) is 0 Å². The third-order valence-corrected chi connectivity index (χ3v) is 3.61. The van der Waals surface area contributed by atoms with Crippen molar-refractivity contribution in [3.05, 3.63) is 53.8 Å². The van der Waals surface area contributed by atoms with Crippen LogP contribution < -0.4 is 9.64 Å². The van der Waals surface area contributed by atoms with Gasteiger partial charge in [0.2, 0.25) is 0 Å². The monoisotopic (exact) mass is 273 g/mol.